The fourth-order valence-electron chi connectivity index (χ4n) is 2.88. The van der Waals surface area contributed by atoms with Crippen molar-refractivity contribution in [2.24, 2.45) is 11.8 Å². The maximum Gasteiger partial charge on any atom is 0.0794 e. The molecule has 3 heteroatoms. The van der Waals surface area contributed by atoms with Gasteiger partial charge >= 0.3 is 0 Å². The molecule has 1 saturated carbocycles. The average Bonchev–Trinajstić information content (AvgIpc) is 2.69. The maximum atomic E-state index is 4.31. The molecule has 1 N–H and O–H groups in total. The predicted octanol–water partition coefficient (Wildman–Crippen LogP) is 3.10. The van der Waals surface area contributed by atoms with E-state index in [-0.39, 0.29) is 0 Å². The standard InChI is InChI=1S/C13H22N2S/c1-10-5-11(2)7-13(6-10)14-4-3-12-8-16-9-15-12/h8-11,13-14H,3-7H2,1-2H3. The lowest BCUT2D eigenvalue weighted by molar-refractivity contribution is 0.240. The summed E-state index contributed by atoms with van der Waals surface area (Å²) in [6.45, 7) is 5.84. The Balaban J connectivity index is 1.69. The minimum Gasteiger partial charge on any atom is -0.314 e. The van der Waals surface area contributed by atoms with Crippen molar-refractivity contribution in [1.29, 1.82) is 0 Å². The normalized spacial score (nSPS) is 30.5. The molecule has 0 aliphatic heterocycles. The third-order valence-electron chi connectivity index (χ3n) is 3.48. The van der Waals surface area contributed by atoms with Gasteiger partial charge < -0.3 is 5.32 Å². The van der Waals surface area contributed by atoms with Gasteiger partial charge in [0.1, 0.15) is 0 Å². The molecule has 1 heterocycles. The van der Waals surface area contributed by atoms with Crippen LogP contribution >= 0.6 is 11.3 Å². The molecule has 1 aromatic rings. The van der Waals surface area contributed by atoms with Gasteiger partial charge in [0.05, 0.1) is 11.2 Å². The highest BCUT2D eigenvalue weighted by Gasteiger charge is 2.23. The molecule has 2 rings (SSSR count). The molecule has 1 aliphatic carbocycles. The molecule has 0 bridgehead atoms. The molecular formula is C13H22N2S. The fraction of sp³-hybridized carbons (Fsp3) is 0.769. The summed E-state index contributed by atoms with van der Waals surface area (Å²) in [7, 11) is 0. The summed E-state index contributed by atoms with van der Waals surface area (Å²) in [6, 6.07) is 0.734. The molecule has 2 unspecified atom stereocenters. The Morgan fingerprint density at radius 2 is 2.06 bits per heavy atom. The van der Waals surface area contributed by atoms with E-state index in [1.807, 2.05) is 5.51 Å². The number of rotatable bonds is 4. The summed E-state index contributed by atoms with van der Waals surface area (Å²) < 4.78 is 0. The monoisotopic (exact) mass is 238 g/mol. The van der Waals surface area contributed by atoms with Crippen LogP contribution in [0.1, 0.15) is 38.8 Å². The Hall–Kier alpha value is -0.410. The van der Waals surface area contributed by atoms with Gasteiger partial charge in [-0.1, -0.05) is 13.8 Å². The van der Waals surface area contributed by atoms with Crippen molar-refractivity contribution in [3.05, 3.63) is 16.6 Å². The Kier molecular flexibility index (Phi) is 4.36. The van der Waals surface area contributed by atoms with Crippen LogP contribution in [-0.2, 0) is 6.42 Å². The first kappa shape index (κ1) is 12.1. The molecule has 16 heavy (non-hydrogen) atoms. The topological polar surface area (TPSA) is 24.9 Å². The molecule has 0 radical (unpaired) electrons. The summed E-state index contributed by atoms with van der Waals surface area (Å²) in [5, 5.41) is 5.83. The molecule has 0 amide bonds. The zero-order chi connectivity index (χ0) is 11.4. The van der Waals surface area contributed by atoms with E-state index in [1.165, 1.54) is 25.0 Å². The molecule has 90 valence electrons. The van der Waals surface area contributed by atoms with E-state index < -0.39 is 0 Å². The number of thiazole rings is 1. The molecule has 0 saturated heterocycles. The van der Waals surface area contributed by atoms with Crippen molar-refractivity contribution in [2.45, 2.75) is 45.6 Å². The smallest absolute Gasteiger partial charge is 0.0794 e. The van der Waals surface area contributed by atoms with Gasteiger partial charge in [-0.3, -0.25) is 0 Å². The van der Waals surface area contributed by atoms with Crippen LogP contribution in [0.2, 0.25) is 0 Å². The lowest BCUT2D eigenvalue weighted by Gasteiger charge is -2.32. The number of nitrogens with one attached hydrogen (secondary N) is 1. The molecular weight excluding hydrogens is 216 g/mol. The zero-order valence-corrected chi connectivity index (χ0v) is 11.1. The van der Waals surface area contributed by atoms with Gasteiger partial charge in [0.15, 0.2) is 0 Å². The molecule has 0 spiro atoms. The predicted molar refractivity (Wildman–Crippen MR) is 69.8 cm³/mol. The lowest BCUT2D eigenvalue weighted by atomic mass is 9.80. The summed E-state index contributed by atoms with van der Waals surface area (Å²) in [4.78, 5) is 4.31. The minimum atomic E-state index is 0.734. The third-order valence-corrected chi connectivity index (χ3v) is 4.11. The molecule has 0 aromatic carbocycles. The highest BCUT2D eigenvalue weighted by atomic mass is 32.1. The van der Waals surface area contributed by atoms with E-state index >= 15 is 0 Å². The summed E-state index contributed by atoms with van der Waals surface area (Å²) in [6.07, 6.45) is 5.18. The van der Waals surface area contributed by atoms with Crippen LogP contribution in [0.5, 0.6) is 0 Å². The van der Waals surface area contributed by atoms with Gasteiger partial charge in [-0.2, -0.15) is 0 Å². The quantitative estimate of drug-likeness (QED) is 0.872. The molecule has 2 nitrogen and oxygen atoms in total. The van der Waals surface area contributed by atoms with Crippen LogP contribution in [0, 0.1) is 11.8 Å². The van der Waals surface area contributed by atoms with Gasteiger partial charge in [-0.05, 0) is 31.1 Å². The van der Waals surface area contributed by atoms with Crippen LogP contribution in [0.15, 0.2) is 10.9 Å². The highest BCUT2D eigenvalue weighted by Crippen LogP contribution is 2.28. The van der Waals surface area contributed by atoms with Gasteiger partial charge in [0.2, 0.25) is 0 Å². The SMILES string of the molecule is CC1CC(C)CC(NCCc2cscn2)C1. The maximum absolute atomic E-state index is 4.31. The second-order valence-electron chi connectivity index (χ2n) is 5.30. The summed E-state index contributed by atoms with van der Waals surface area (Å²) in [5.74, 6) is 1.78. The first-order valence-corrected chi connectivity index (χ1v) is 7.28. The Morgan fingerprint density at radius 1 is 1.31 bits per heavy atom. The average molecular weight is 238 g/mol. The second-order valence-corrected chi connectivity index (χ2v) is 6.02. The number of hydrogen-bond acceptors (Lipinski definition) is 3. The van der Waals surface area contributed by atoms with E-state index in [0.29, 0.717) is 0 Å². The zero-order valence-electron chi connectivity index (χ0n) is 10.3. The van der Waals surface area contributed by atoms with Gasteiger partial charge in [-0.15, -0.1) is 11.3 Å². The van der Waals surface area contributed by atoms with Crippen LogP contribution < -0.4 is 5.32 Å². The van der Waals surface area contributed by atoms with Crippen molar-refractivity contribution < 1.29 is 0 Å². The van der Waals surface area contributed by atoms with Crippen molar-refractivity contribution in [3.63, 3.8) is 0 Å². The third kappa shape index (κ3) is 3.56. The minimum absolute atomic E-state index is 0.734. The van der Waals surface area contributed by atoms with Crippen LogP contribution in [0.3, 0.4) is 0 Å². The van der Waals surface area contributed by atoms with Gasteiger partial charge in [-0.25, -0.2) is 4.98 Å². The largest absolute Gasteiger partial charge is 0.314 e. The van der Waals surface area contributed by atoms with E-state index in [4.69, 9.17) is 0 Å². The first-order chi connectivity index (χ1) is 7.74. The van der Waals surface area contributed by atoms with E-state index in [0.717, 1.165) is 30.8 Å². The van der Waals surface area contributed by atoms with Gasteiger partial charge in [0, 0.05) is 24.4 Å². The van der Waals surface area contributed by atoms with Gasteiger partial charge in [0.25, 0.3) is 0 Å². The Morgan fingerprint density at radius 3 is 2.69 bits per heavy atom. The fourth-order valence-corrected chi connectivity index (χ4v) is 3.47. The van der Waals surface area contributed by atoms with Crippen molar-refractivity contribution in [2.75, 3.05) is 6.54 Å². The number of hydrogen-bond donors (Lipinski definition) is 1. The highest BCUT2D eigenvalue weighted by molar-refractivity contribution is 7.07. The summed E-state index contributed by atoms with van der Waals surface area (Å²) >= 11 is 1.69. The lowest BCUT2D eigenvalue weighted by Crippen LogP contribution is -2.37. The molecule has 1 aliphatic rings. The molecule has 1 fully saturated rings. The second kappa shape index (κ2) is 5.78. The first-order valence-electron chi connectivity index (χ1n) is 6.34. The number of aromatic nitrogens is 1. The summed E-state index contributed by atoms with van der Waals surface area (Å²) in [5.41, 5.74) is 3.15. The van der Waals surface area contributed by atoms with Crippen LogP contribution in [0.4, 0.5) is 0 Å². The van der Waals surface area contributed by atoms with E-state index in [2.05, 4.69) is 29.5 Å². The van der Waals surface area contributed by atoms with E-state index in [1.54, 1.807) is 11.3 Å². The molecule has 1 aromatic heterocycles. The Bertz CT molecular complexity index is 287. The van der Waals surface area contributed by atoms with Crippen molar-refractivity contribution in [1.82, 2.24) is 10.3 Å². The van der Waals surface area contributed by atoms with Crippen LogP contribution in [0.25, 0.3) is 0 Å². The van der Waals surface area contributed by atoms with Crippen molar-refractivity contribution in [3.8, 4) is 0 Å². The number of nitrogens with zero attached hydrogens (tertiary/aromatic N) is 1. The van der Waals surface area contributed by atoms with E-state index in [9.17, 15) is 0 Å². The van der Waals surface area contributed by atoms with Crippen molar-refractivity contribution >= 4 is 11.3 Å². The molecule has 2 atom stereocenters. The Labute approximate surface area is 102 Å². The van der Waals surface area contributed by atoms with Crippen LogP contribution in [-0.4, -0.2) is 17.6 Å².